The zero-order chi connectivity index (χ0) is 21.2. The fourth-order valence-corrected chi connectivity index (χ4v) is 5.18. The summed E-state index contributed by atoms with van der Waals surface area (Å²) in [6.07, 6.45) is 0.0722. The van der Waals surface area contributed by atoms with Crippen molar-refractivity contribution in [1.82, 2.24) is 4.57 Å². The van der Waals surface area contributed by atoms with E-state index in [9.17, 15) is 18.0 Å². The number of aromatic nitrogens is 1. The van der Waals surface area contributed by atoms with Crippen LogP contribution in [0.3, 0.4) is 0 Å². The zero-order valence-electron chi connectivity index (χ0n) is 15.1. The van der Waals surface area contributed by atoms with Gasteiger partial charge in [-0.05, 0) is 37.3 Å². The molecule has 29 heavy (non-hydrogen) atoms. The lowest BCUT2D eigenvalue weighted by molar-refractivity contribution is -0.143. The molecule has 1 amide bonds. The number of halogens is 1. The highest BCUT2D eigenvalue weighted by molar-refractivity contribution is 7.89. The third-order valence-electron chi connectivity index (χ3n) is 3.81. The third-order valence-corrected chi connectivity index (χ3v) is 6.98. The molecule has 2 aromatic heterocycles. The number of benzene rings is 1. The van der Waals surface area contributed by atoms with Crippen molar-refractivity contribution in [3.63, 3.8) is 0 Å². The standard InChI is InChI=1S/C17H16ClN3O5S3/c1-2-26-15(22)7-8-21-11-4-3-10(29(19,24)25)9-13(11)28-17(21)20-16(23)12-5-6-14(18)27-12/h3-6,9H,2,7-8H2,1H3,(H2,19,24,25). The average molecular weight is 474 g/mol. The predicted molar refractivity (Wildman–Crippen MR) is 112 cm³/mol. The summed E-state index contributed by atoms with van der Waals surface area (Å²) in [6.45, 7) is 2.19. The van der Waals surface area contributed by atoms with Crippen LogP contribution in [0.15, 0.2) is 40.2 Å². The van der Waals surface area contributed by atoms with Gasteiger partial charge in [-0.2, -0.15) is 4.99 Å². The minimum Gasteiger partial charge on any atom is -0.466 e. The van der Waals surface area contributed by atoms with Crippen molar-refractivity contribution in [1.29, 1.82) is 0 Å². The van der Waals surface area contributed by atoms with Crippen LogP contribution in [0.25, 0.3) is 10.2 Å². The molecule has 0 aliphatic heterocycles. The van der Waals surface area contributed by atoms with Gasteiger partial charge >= 0.3 is 5.97 Å². The summed E-state index contributed by atoms with van der Waals surface area (Å²) in [7, 11) is -3.88. The number of rotatable bonds is 6. The SMILES string of the molecule is CCOC(=O)CCn1c(=NC(=O)c2ccc(Cl)s2)sc2cc(S(N)(=O)=O)ccc21. The maximum atomic E-state index is 12.5. The first-order valence-electron chi connectivity index (χ1n) is 8.35. The molecular formula is C17H16ClN3O5S3. The number of amides is 1. The van der Waals surface area contributed by atoms with Crippen LogP contribution >= 0.6 is 34.3 Å². The number of fused-ring (bicyclic) bond motifs is 1. The number of thiazole rings is 1. The second-order valence-corrected chi connectivity index (χ2v) is 10.1. The van der Waals surface area contributed by atoms with E-state index < -0.39 is 15.9 Å². The Balaban J connectivity index is 2.10. The molecule has 2 heterocycles. The van der Waals surface area contributed by atoms with E-state index in [1.165, 1.54) is 12.1 Å². The first-order valence-corrected chi connectivity index (χ1v) is 11.9. The highest BCUT2D eigenvalue weighted by Crippen LogP contribution is 2.24. The van der Waals surface area contributed by atoms with E-state index in [1.54, 1.807) is 29.7 Å². The van der Waals surface area contributed by atoms with Crippen molar-refractivity contribution >= 4 is 66.4 Å². The van der Waals surface area contributed by atoms with Gasteiger partial charge in [0.2, 0.25) is 10.0 Å². The molecule has 3 rings (SSSR count). The van der Waals surface area contributed by atoms with Gasteiger partial charge in [0.05, 0.1) is 37.4 Å². The molecule has 0 spiro atoms. The first-order chi connectivity index (χ1) is 13.7. The zero-order valence-corrected chi connectivity index (χ0v) is 18.3. The van der Waals surface area contributed by atoms with Gasteiger partial charge in [-0.1, -0.05) is 22.9 Å². The largest absolute Gasteiger partial charge is 0.466 e. The lowest BCUT2D eigenvalue weighted by Gasteiger charge is -2.06. The van der Waals surface area contributed by atoms with Crippen LogP contribution in [0.4, 0.5) is 0 Å². The number of sulfonamides is 1. The van der Waals surface area contributed by atoms with Gasteiger partial charge in [-0.3, -0.25) is 9.59 Å². The Kier molecular flexibility index (Phi) is 6.54. The summed E-state index contributed by atoms with van der Waals surface area (Å²) in [4.78, 5) is 29.1. The van der Waals surface area contributed by atoms with E-state index in [2.05, 4.69) is 4.99 Å². The van der Waals surface area contributed by atoms with Crippen molar-refractivity contribution < 1.29 is 22.7 Å². The van der Waals surface area contributed by atoms with Gasteiger partial charge in [0.15, 0.2) is 4.80 Å². The lowest BCUT2D eigenvalue weighted by Crippen LogP contribution is -2.19. The van der Waals surface area contributed by atoms with Gasteiger partial charge < -0.3 is 9.30 Å². The molecule has 0 saturated carbocycles. The number of aryl methyl sites for hydroxylation is 1. The average Bonchev–Trinajstić information content (AvgIpc) is 3.22. The van der Waals surface area contributed by atoms with Gasteiger partial charge in [0.25, 0.3) is 5.91 Å². The Morgan fingerprint density at radius 3 is 2.62 bits per heavy atom. The van der Waals surface area contributed by atoms with Crippen LogP contribution in [0, 0.1) is 0 Å². The van der Waals surface area contributed by atoms with Crippen molar-refractivity contribution in [2.45, 2.75) is 24.8 Å². The fourth-order valence-electron chi connectivity index (χ4n) is 2.54. The first kappa shape index (κ1) is 21.7. The quantitative estimate of drug-likeness (QED) is 0.552. The molecule has 1 aromatic carbocycles. The van der Waals surface area contributed by atoms with Crippen LogP contribution in [0.2, 0.25) is 4.34 Å². The summed E-state index contributed by atoms with van der Waals surface area (Å²) in [5, 5.41) is 5.20. The molecule has 0 bridgehead atoms. The highest BCUT2D eigenvalue weighted by atomic mass is 35.5. The number of primary sulfonamides is 1. The number of carbonyl (C=O) groups excluding carboxylic acids is 2. The van der Waals surface area contributed by atoms with E-state index >= 15 is 0 Å². The number of thiophene rings is 1. The molecule has 0 unspecified atom stereocenters. The van der Waals surface area contributed by atoms with Crippen LogP contribution in [-0.4, -0.2) is 31.5 Å². The Morgan fingerprint density at radius 1 is 1.24 bits per heavy atom. The monoisotopic (exact) mass is 473 g/mol. The summed E-state index contributed by atoms with van der Waals surface area (Å²) in [6, 6.07) is 7.54. The molecule has 0 fully saturated rings. The van der Waals surface area contributed by atoms with Crippen molar-refractivity contribution in [3.05, 3.63) is 44.3 Å². The normalized spacial score (nSPS) is 12.4. The number of nitrogens with two attached hydrogens (primary N) is 1. The van der Waals surface area contributed by atoms with Gasteiger partial charge in [0.1, 0.15) is 0 Å². The Morgan fingerprint density at radius 2 is 2.00 bits per heavy atom. The number of hydrogen-bond donors (Lipinski definition) is 1. The molecule has 0 saturated heterocycles. The minimum absolute atomic E-state index is 0.0493. The molecular weight excluding hydrogens is 458 g/mol. The van der Waals surface area contributed by atoms with Gasteiger partial charge in [-0.15, -0.1) is 11.3 Å². The molecule has 0 aliphatic carbocycles. The van der Waals surface area contributed by atoms with Crippen LogP contribution < -0.4 is 9.94 Å². The van der Waals surface area contributed by atoms with Crippen LogP contribution in [0.5, 0.6) is 0 Å². The summed E-state index contributed by atoms with van der Waals surface area (Å²) >= 11 is 8.11. The van der Waals surface area contributed by atoms with Crippen molar-refractivity contribution in [3.8, 4) is 0 Å². The molecule has 154 valence electrons. The Labute approximate surface area is 179 Å². The van der Waals surface area contributed by atoms with Gasteiger partial charge in [-0.25, -0.2) is 13.6 Å². The van der Waals surface area contributed by atoms with E-state index in [0.717, 1.165) is 22.7 Å². The van der Waals surface area contributed by atoms with E-state index in [0.29, 0.717) is 24.2 Å². The molecule has 0 radical (unpaired) electrons. The molecule has 0 atom stereocenters. The second kappa shape index (κ2) is 8.76. The third kappa shape index (κ3) is 5.11. The van der Waals surface area contributed by atoms with Gasteiger partial charge in [0, 0.05) is 6.54 Å². The number of nitrogens with zero attached hydrogens (tertiary/aromatic N) is 2. The van der Waals surface area contributed by atoms with E-state index in [1.807, 2.05) is 0 Å². The van der Waals surface area contributed by atoms with E-state index in [4.69, 9.17) is 21.5 Å². The highest BCUT2D eigenvalue weighted by Gasteiger charge is 2.15. The number of esters is 1. The minimum atomic E-state index is -3.88. The Bertz CT molecular complexity index is 1260. The van der Waals surface area contributed by atoms with Crippen LogP contribution in [-0.2, 0) is 26.1 Å². The summed E-state index contributed by atoms with van der Waals surface area (Å²) < 4.78 is 31.0. The van der Waals surface area contributed by atoms with Crippen LogP contribution in [0.1, 0.15) is 23.0 Å². The maximum Gasteiger partial charge on any atom is 0.307 e. The van der Waals surface area contributed by atoms with E-state index in [-0.39, 0.29) is 30.4 Å². The smallest absolute Gasteiger partial charge is 0.307 e. The molecule has 12 heteroatoms. The fraction of sp³-hybridized carbons (Fsp3) is 0.235. The maximum absolute atomic E-state index is 12.5. The molecule has 8 nitrogen and oxygen atoms in total. The topological polar surface area (TPSA) is 121 Å². The van der Waals surface area contributed by atoms with Crippen molar-refractivity contribution in [2.75, 3.05) is 6.61 Å². The number of hydrogen-bond acceptors (Lipinski definition) is 7. The lowest BCUT2D eigenvalue weighted by atomic mass is 10.3. The molecule has 0 aliphatic rings. The number of carbonyl (C=O) groups is 2. The second-order valence-electron chi connectivity index (χ2n) is 5.79. The van der Waals surface area contributed by atoms with Crippen molar-refractivity contribution in [2.24, 2.45) is 10.1 Å². The molecule has 2 N–H and O–H groups in total. The summed E-state index contributed by atoms with van der Waals surface area (Å²) in [5.41, 5.74) is 0.627. The Hall–Kier alpha value is -2.05. The number of ether oxygens (including phenoxy) is 1. The predicted octanol–water partition coefficient (Wildman–Crippen LogP) is 2.76. The molecule has 3 aromatic rings. The summed E-state index contributed by atoms with van der Waals surface area (Å²) in [5.74, 6) is -0.868.